The van der Waals surface area contributed by atoms with E-state index >= 15 is 0 Å². The van der Waals surface area contributed by atoms with Crippen LogP contribution in [0.15, 0.2) is 18.2 Å². The Morgan fingerprint density at radius 3 is 2.44 bits per heavy atom. The van der Waals surface area contributed by atoms with Gasteiger partial charge in [-0.05, 0) is 17.5 Å². The molecule has 0 aliphatic carbocycles. The second kappa shape index (κ2) is 6.89. The number of aliphatic hydroxyl groups is 1. The molecule has 102 valence electrons. The number of rotatable bonds is 4. The minimum Gasteiger partial charge on any atom is -0.391 e. The number of nitro groups is 1. The molecule has 0 aliphatic heterocycles. The van der Waals surface area contributed by atoms with Gasteiger partial charge in [0, 0.05) is 6.07 Å². The van der Waals surface area contributed by atoms with E-state index in [1.807, 2.05) is 13.8 Å². The summed E-state index contributed by atoms with van der Waals surface area (Å²) in [5.74, 6) is -0.0280. The third-order valence-corrected chi connectivity index (χ3v) is 2.92. The monoisotopic (exact) mass is 294 g/mol. The summed E-state index contributed by atoms with van der Waals surface area (Å²) in [5, 5.41) is 20.6. The van der Waals surface area contributed by atoms with Crippen LogP contribution >= 0.6 is 24.0 Å². The van der Waals surface area contributed by atoms with Gasteiger partial charge in [0.05, 0.1) is 17.1 Å². The fraction of sp³-hybridized carbons (Fsp3) is 0.455. The summed E-state index contributed by atoms with van der Waals surface area (Å²) in [5.41, 5.74) is 6.15. The third-order valence-electron chi connectivity index (χ3n) is 2.60. The molecule has 3 N–H and O–H groups in total. The van der Waals surface area contributed by atoms with Crippen molar-refractivity contribution in [1.29, 1.82) is 0 Å². The Labute approximate surface area is 116 Å². The van der Waals surface area contributed by atoms with E-state index in [0.29, 0.717) is 5.56 Å². The quantitative estimate of drug-likeness (QED) is 0.660. The molecule has 0 radical (unpaired) electrons. The van der Waals surface area contributed by atoms with E-state index in [2.05, 4.69) is 0 Å². The molecule has 0 amide bonds. The van der Waals surface area contributed by atoms with Gasteiger partial charge in [-0.2, -0.15) is 0 Å². The zero-order valence-corrected chi connectivity index (χ0v) is 11.6. The number of nitrogens with two attached hydrogens (primary N) is 1. The van der Waals surface area contributed by atoms with E-state index in [-0.39, 0.29) is 29.0 Å². The van der Waals surface area contributed by atoms with Gasteiger partial charge in [-0.25, -0.2) is 0 Å². The molecule has 1 aromatic rings. The zero-order valence-electron chi connectivity index (χ0n) is 10.0. The van der Waals surface area contributed by atoms with E-state index in [0.717, 1.165) is 0 Å². The second-order valence-electron chi connectivity index (χ2n) is 4.23. The molecule has 0 bridgehead atoms. The van der Waals surface area contributed by atoms with Crippen molar-refractivity contribution in [2.45, 2.75) is 26.0 Å². The van der Waals surface area contributed by atoms with Crippen molar-refractivity contribution in [3.63, 3.8) is 0 Å². The summed E-state index contributed by atoms with van der Waals surface area (Å²) < 4.78 is 0. The highest BCUT2D eigenvalue weighted by atomic mass is 35.5. The summed E-state index contributed by atoms with van der Waals surface area (Å²) in [7, 11) is 0. The van der Waals surface area contributed by atoms with Crippen molar-refractivity contribution in [2.75, 3.05) is 0 Å². The molecule has 0 fully saturated rings. The highest BCUT2D eigenvalue weighted by Crippen LogP contribution is 2.29. The number of hydrogen-bond acceptors (Lipinski definition) is 4. The fourth-order valence-electron chi connectivity index (χ4n) is 1.49. The molecule has 2 atom stereocenters. The minimum absolute atomic E-state index is 0. The normalized spacial score (nSPS) is 13.9. The molecule has 0 unspecified atom stereocenters. The predicted molar refractivity (Wildman–Crippen MR) is 73.1 cm³/mol. The van der Waals surface area contributed by atoms with Gasteiger partial charge in [0.2, 0.25) is 0 Å². The molecule has 1 rings (SSSR count). The zero-order chi connectivity index (χ0) is 13.2. The number of aliphatic hydroxyl groups excluding tert-OH is 1. The number of nitrogens with zero attached hydrogens (tertiary/aromatic N) is 1. The SMILES string of the molecule is CC(C)[C@@H](O)[C@@H](N)c1ccc(Cl)c([N+](=O)[O-])c1.Cl. The maximum absolute atomic E-state index is 10.7. The predicted octanol–water partition coefficient (Wildman–Crippen LogP) is 2.69. The largest absolute Gasteiger partial charge is 0.391 e. The molecule has 18 heavy (non-hydrogen) atoms. The average molecular weight is 295 g/mol. The van der Waals surface area contributed by atoms with E-state index < -0.39 is 17.1 Å². The van der Waals surface area contributed by atoms with E-state index in [1.54, 1.807) is 6.07 Å². The first-order chi connectivity index (χ1) is 7.84. The van der Waals surface area contributed by atoms with Gasteiger partial charge >= 0.3 is 0 Å². The van der Waals surface area contributed by atoms with Gasteiger partial charge in [0.1, 0.15) is 5.02 Å². The number of hydrogen-bond donors (Lipinski definition) is 2. The Morgan fingerprint density at radius 1 is 1.44 bits per heavy atom. The van der Waals surface area contributed by atoms with Crippen LogP contribution in [0.25, 0.3) is 0 Å². The van der Waals surface area contributed by atoms with Crippen molar-refractivity contribution in [1.82, 2.24) is 0 Å². The van der Waals surface area contributed by atoms with Crippen LogP contribution in [-0.2, 0) is 0 Å². The molecule has 0 heterocycles. The molecule has 7 heteroatoms. The average Bonchev–Trinajstić information content (AvgIpc) is 2.27. The Hall–Kier alpha value is -0.880. The standard InChI is InChI=1S/C11H15ClN2O3.ClH/c1-6(2)11(15)10(13)7-3-4-8(12)9(5-7)14(16)17;/h3-6,10-11,15H,13H2,1-2H3;1H/t10-,11+;/m0./s1. The lowest BCUT2D eigenvalue weighted by atomic mass is 9.94. The van der Waals surface area contributed by atoms with Gasteiger partial charge in [-0.15, -0.1) is 12.4 Å². The van der Waals surface area contributed by atoms with Gasteiger partial charge in [-0.1, -0.05) is 31.5 Å². The second-order valence-corrected chi connectivity index (χ2v) is 4.64. The van der Waals surface area contributed by atoms with E-state index in [4.69, 9.17) is 17.3 Å². The molecule has 0 saturated carbocycles. The first kappa shape index (κ1) is 17.1. The molecule has 0 aliphatic rings. The third kappa shape index (κ3) is 3.81. The van der Waals surface area contributed by atoms with Gasteiger partial charge in [-0.3, -0.25) is 10.1 Å². The summed E-state index contributed by atoms with van der Waals surface area (Å²) in [6.45, 7) is 3.66. The topological polar surface area (TPSA) is 89.4 Å². The van der Waals surface area contributed by atoms with Crippen molar-refractivity contribution in [2.24, 2.45) is 11.7 Å². The van der Waals surface area contributed by atoms with Gasteiger partial charge in [0.15, 0.2) is 0 Å². The van der Waals surface area contributed by atoms with Crippen LogP contribution in [-0.4, -0.2) is 16.1 Å². The van der Waals surface area contributed by atoms with Crippen molar-refractivity contribution < 1.29 is 10.0 Å². The van der Waals surface area contributed by atoms with Crippen molar-refractivity contribution in [3.05, 3.63) is 38.9 Å². The fourth-order valence-corrected chi connectivity index (χ4v) is 1.68. The highest BCUT2D eigenvalue weighted by Gasteiger charge is 2.23. The summed E-state index contributed by atoms with van der Waals surface area (Å²) in [6, 6.07) is 3.65. The lowest BCUT2D eigenvalue weighted by Gasteiger charge is -2.22. The molecule has 0 saturated heterocycles. The first-order valence-electron chi connectivity index (χ1n) is 5.22. The van der Waals surface area contributed by atoms with Gasteiger partial charge in [0.25, 0.3) is 5.69 Å². The van der Waals surface area contributed by atoms with Crippen LogP contribution in [0.5, 0.6) is 0 Å². The Balaban J connectivity index is 0.00000289. The summed E-state index contributed by atoms with van der Waals surface area (Å²) in [4.78, 5) is 10.1. The molecular formula is C11H16Cl2N2O3. The van der Waals surface area contributed by atoms with Crippen LogP contribution in [0.3, 0.4) is 0 Å². The van der Waals surface area contributed by atoms with E-state index in [1.165, 1.54) is 12.1 Å². The van der Waals surface area contributed by atoms with Crippen LogP contribution in [0.2, 0.25) is 5.02 Å². The molecular weight excluding hydrogens is 279 g/mol. The van der Waals surface area contributed by atoms with Crippen LogP contribution in [0.1, 0.15) is 25.5 Å². The van der Waals surface area contributed by atoms with E-state index in [9.17, 15) is 15.2 Å². The molecule has 0 spiro atoms. The van der Waals surface area contributed by atoms with Crippen molar-refractivity contribution >= 4 is 29.7 Å². The molecule has 1 aromatic carbocycles. The first-order valence-corrected chi connectivity index (χ1v) is 5.60. The maximum atomic E-state index is 10.7. The molecule has 5 nitrogen and oxygen atoms in total. The summed E-state index contributed by atoms with van der Waals surface area (Å²) >= 11 is 5.69. The Morgan fingerprint density at radius 2 is 2.00 bits per heavy atom. The Kier molecular flexibility index (Phi) is 6.56. The molecule has 0 aromatic heterocycles. The van der Waals surface area contributed by atoms with Crippen LogP contribution < -0.4 is 5.73 Å². The van der Waals surface area contributed by atoms with Gasteiger partial charge < -0.3 is 10.8 Å². The lowest BCUT2D eigenvalue weighted by molar-refractivity contribution is -0.384. The maximum Gasteiger partial charge on any atom is 0.288 e. The van der Waals surface area contributed by atoms with Crippen molar-refractivity contribution in [3.8, 4) is 0 Å². The smallest absolute Gasteiger partial charge is 0.288 e. The minimum atomic E-state index is -0.754. The summed E-state index contributed by atoms with van der Waals surface area (Å²) in [6.07, 6.45) is -0.754. The van der Waals surface area contributed by atoms with Crippen LogP contribution in [0, 0.1) is 16.0 Å². The number of benzene rings is 1. The highest BCUT2D eigenvalue weighted by molar-refractivity contribution is 6.32. The lowest BCUT2D eigenvalue weighted by Crippen LogP contribution is -2.30. The Bertz CT molecular complexity index is 427. The number of nitro benzene ring substituents is 1. The number of halogens is 2. The van der Waals surface area contributed by atoms with Crippen LogP contribution in [0.4, 0.5) is 5.69 Å².